The van der Waals surface area contributed by atoms with E-state index in [0.717, 1.165) is 29.6 Å². The average Bonchev–Trinajstić information content (AvgIpc) is 2.55. The molecule has 0 fully saturated rings. The van der Waals surface area contributed by atoms with Gasteiger partial charge in [-0.05, 0) is 44.2 Å². The molecule has 1 N–H and O–H groups in total. The molecule has 0 atom stereocenters. The highest BCUT2D eigenvalue weighted by Crippen LogP contribution is 2.17. The van der Waals surface area contributed by atoms with Crippen molar-refractivity contribution in [3.05, 3.63) is 83.3 Å². The standard InChI is InChI=1S/C21H24N4/c1-16-8-7-11-19(12-16)23-20-13-17(2)22-21(24-20)15-25(3)14-18-9-5-4-6-10-18/h4-13H,14-15H2,1-3H3,(H,22,23,24). The minimum absolute atomic E-state index is 0.707. The Labute approximate surface area is 149 Å². The van der Waals surface area contributed by atoms with Gasteiger partial charge in [0, 0.05) is 24.0 Å². The molecule has 0 saturated heterocycles. The van der Waals surface area contributed by atoms with Crippen LogP contribution in [0.1, 0.15) is 22.6 Å². The van der Waals surface area contributed by atoms with E-state index in [1.165, 1.54) is 11.1 Å². The summed E-state index contributed by atoms with van der Waals surface area (Å²) in [6.45, 7) is 5.67. The van der Waals surface area contributed by atoms with Gasteiger partial charge in [0.2, 0.25) is 0 Å². The summed E-state index contributed by atoms with van der Waals surface area (Å²) in [6.07, 6.45) is 0. The first-order chi connectivity index (χ1) is 12.1. The van der Waals surface area contributed by atoms with E-state index >= 15 is 0 Å². The lowest BCUT2D eigenvalue weighted by Crippen LogP contribution is -2.19. The van der Waals surface area contributed by atoms with Crippen LogP contribution in [0.25, 0.3) is 0 Å². The predicted molar refractivity (Wildman–Crippen MR) is 103 cm³/mol. The maximum absolute atomic E-state index is 4.68. The molecule has 4 heteroatoms. The molecule has 25 heavy (non-hydrogen) atoms. The number of nitrogens with zero attached hydrogens (tertiary/aromatic N) is 3. The number of rotatable bonds is 6. The van der Waals surface area contributed by atoms with Crippen LogP contribution in [-0.2, 0) is 13.1 Å². The van der Waals surface area contributed by atoms with E-state index in [2.05, 4.69) is 70.6 Å². The molecule has 4 nitrogen and oxygen atoms in total. The van der Waals surface area contributed by atoms with Crippen LogP contribution >= 0.6 is 0 Å². The summed E-state index contributed by atoms with van der Waals surface area (Å²) >= 11 is 0. The number of hydrogen-bond donors (Lipinski definition) is 1. The molecule has 128 valence electrons. The zero-order valence-corrected chi connectivity index (χ0v) is 15.0. The number of hydrogen-bond acceptors (Lipinski definition) is 4. The van der Waals surface area contributed by atoms with Gasteiger partial charge in [-0.25, -0.2) is 9.97 Å². The van der Waals surface area contributed by atoms with Gasteiger partial charge in [0.25, 0.3) is 0 Å². The summed E-state index contributed by atoms with van der Waals surface area (Å²) in [5.74, 6) is 1.66. The molecule has 0 spiro atoms. The zero-order valence-electron chi connectivity index (χ0n) is 15.0. The Kier molecular flexibility index (Phi) is 5.41. The topological polar surface area (TPSA) is 41.1 Å². The summed E-state index contributed by atoms with van der Waals surface area (Å²) in [6, 6.07) is 20.7. The first-order valence-electron chi connectivity index (χ1n) is 8.49. The highest BCUT2D eigenvalue weighted by Gasteiger charge is 2.07. The molecule has 1 aromatic heterocycles. The molecule has 0 unspecified atom stereocenters. The molecule has 1 heterocycles. The smallest absolute Gasteiger partial charge is 0.144 e. The molecular formula is C21H24N4. The van der Waals surface area contributed by atoms with Crippen molar-refractivity contribution in [1.82, 2.24) is 14.9 Å². The van der Waals surface area contributed by atoms with Crippen LogP contribution in [0.5, 0.6) is 0 Å². The Hall–Kier alpha value is -2.72. The molecule has 3 rings (SSSR count). The molecule has 3 aromatic rings. The van der Waals surface area contributed by atoms with Gasteiger partial charge in [-0.15, -0.1) is 0 Å². The molecule has 0 aliphatic carbocycles. The average molecular weight is 332 g/mol. The Morgan fingerprint density at radius 2 is 1.68 bits per heavy atom. The van der Waals surface area contributed by atoms with Crippen molar-refractivity contribution in [1.29, 1.82) is 0 Å². The second-order valence-electron chi connectivity index (χ2n) is 6.46. The van der Waals surface area contributed by atoms with E-state index in [1.807, 2.05) is 31.2 Å². The summed E-state index contributed by atoms with van der Waals surface area (Å²) < 4.78 is 0. The quantitative estimate of drug-likeness (QED) is 0.723. The normalized spacial score (nSPS) is 10.9. The minimum Gasteiger partial charge on any atom is -0.340 e. The van der Waals surface area contributed by atoms with E-state index in [1.54, 1.807) is 0 Å². The lowest BCUT2D eigenvalue weighted by atomic mass is 10.2. The summed E-state index contributed by atoms with van der Waals surface area (Å²) in [5, 5.41) is 3.38. The monoisotopic (exact) mass is 332 g/mol. The molecule has 0 bridgehead atoms. The molecular weight excluding hydrogens is 308 g/mol. The van der Waals surface area contributed by atoms with Gasteiger partial charge in [0.1, 0.15) is 11.6 Å². The lowest BCUT2D eigenvalue weighted by Gasteiger charge is -2.17. The fourth-order valence-corrected chi connectivity index (χ4v) is 2.83. The fourth-order valence-electron chi connectivity index (χ4n) is 2.83. The third-order valence-corrected chi connectivity index (χ3v) is 3.90. The van der Waals surface area contributed by atoms with E-state index in [9.17, 15) is 0 Å². The molecule has 0 aliphatic rings. The summed E-state index contributed by atoms with van der Waals surface area (Å²) in [5.41, 5.74) is 4.52. The number of aromatic nitrogens is 2. The van der Waals surface area contributed by atoms with E-state index < -0.39 is 0 Å². The van der Waals surface area contributed by atoms with E-state index in [0.29, 0.717) is 6.54 Å². The number of nitrogens with one attached hydrogen (secondary N) is 1. The van der Waals surface area contributed by atoms with Gasteiger partial charge in [0.15, 0.2) is 0 Å². The van der Waals surface area contributed by atoms with Crippen molar-refractivity contribution >= 4 is 11.5 Å². The largest absolute Gasteiger partial charge is 0.340 e. The lowest BCUT2D eigenvalue weighted by molar-refractivity contribution is 0.310. The molecule has 2 aromatic carbocycles. The van der Waals surface area contributed by atoms with Gasteiger partial charge in [-0.1, -0.05) is 42.5 Å². The van der Waals surface area contributed by atoms with Crippen LogP contribution in [0.2, 0.25) is 0 Å². The van der Waals surface area contributed by atoms with Gasteiger partial charge in [0.05, 0.1) is 6.54 Å². The van der Waals surface area contributed by atoms with E-state index in [4.69, 9.17) is 0 Å². The first kappa shape index (κ1) is 17.1. The van der Waals surface area contributed by atoms with Crippen LogP contribution < -0.4 is 5.32 Å². The van der Waals surface area contributed by atoms with Crippen molar-refractivity contribution in [3.63, 3.8) is 0 Å². The van der Waals surface area contributed by atoms with Crippen molar-refractivity contribution in [2.24, 2.45) is 0 Å². The van der Waals surface area contributed by atoms with Crippen LogP contribution in [-0.4, -0.2) is 21.9 Å². The Balaban J connectivity index is 1.70. The Morgan fingerprint density at radius 1 is 0.880 bits per heavy atom. The van der Waals surface area contributed by atoms with Gasteiger partial charge >= 0.3 is 0 Å². The second-order valence-corrected chi connectivity index (χ2v) is 6.46. The SMILES string of the molecule is Cc1cccc(Nc2cc(C)nc(CN(C)Cc3ccccc3)n2)c1. The third-order valence-electron chi connectivity index (χ3n) is 3.90. The molecule has 0 radical (unpaired) electrons. The Bertz CT molecular complexity index is 830. The maximum atomic E-state index is 4.68. The number of anilines is 2. The van der Waals surface area contributed by atoms with Crippen LogP contribution in [0.3, 0.4) is 0 Å². The van der Waals surface area contributed by atoms with Crippen molar-refractivity contribution in [2.45, 2.75) is 26.9 Å². The maximum Gasteiger partial charge on any atom is 0.144 e. The van der Waals surface area contributed by atoms with Crippen LogP contribution in [0, 0.1) is 13.8 Å². The highest BCUT2D eigenvalue weighted by atomic mass is 15.1. The molecule has 0 aliphatic heterocycles. The zero-order chi connectivity index (χ0) is 17.6. The number of aryl methyl sites for hydroxylation is 2. The third kappa shape index (κ3) is 5.13. The summed E-state index contributed by atoms with van der Waals surface area (Å²) in [7, 11) is 2.09. The van der Waals surface area contributed by atoms with Gasteiger partial charge in [-0.3, -0.25) is 4.90 Å². The minimum atomic E-state index is 0.707. The van der Waals surface area contributed by atoms with Crippen molar-refractivity contribution < 1.29 is 0 Å². The predicted octanol–water partition coefficient (Wildman–Crippen LogP) is 4.47. The van der Waals surface area contributed by atoms with Crippen molar-refractivity contribution in [2.75, 3.05) is 12.4 Å². The first-order valence-corrected chi connectivity index (χ1v) is 8.49. The molecule has 0 amide bonds. The van der Waals surface area contributed by atoms with Crippen LogP contribution in [0.15, 0.2) is 60.7 Å². The van der Waals surface area contributed by atoms with Crippen molar-refractivity contribution in [3.8, 4) is 0 Å². The number of benzene rings is 2. The van der Waals surface area contributed by atoms with E-state index in [-0.39, 0.29) is 0 Å². The highest BCUT2D eigenvalue weighted by molar-refractivity contribution is 5.57. The molecule has 0 saturated carbocycles. The van der Waals surface area contributed by atoms with Crippen LogP contribution in [0.4, 0.5) is 11.5 Å². The fraction of sp³-hybridized carbons (Fsp3) is 0.238. The second kappa shape index (κ2) is 7.90. The Morgan fingerprint density at radius 3 is 2.44 bits per heavy atom. The summed E-state index contributed by atoms with van der Waals surface area (Å²) in [4.78, 5) is 11.5. The van der Waals surface area contributed by atoms with Gasteiger partial charge < -0.3 is 5.32 Å². The van der Waals surface area contributed by atoms with Gasteiger partial charge in [-0.2, -0.15) is 0 Å².